The molecule has 1 unspecified atom stereocenters. The van der Waals surface area contributed by atoms with Gasteiger partial charge in [-0.2, -0.15) is 0 Å². The van der Waals surface area contributed by atoms with Crippen molar-refractivity contribution in [1.82, 2.24) is 4.98 Å². The molecule has 0 fully saturated rings. The molecule has 0 aromatic carbocycles. The highest BCUT2D eigenvalue weighted by Crippen LogP contribution is 2.24. The van der Waals surface area contributed by atoms with Crippen LogP contribution in [0, 0.1) is 0 Å². The van der Waals surface area contributed by atoms with Crippen LogP contribution in [0.4, 0.5) is 0 Å². The summed E-state index contributed by atoms with van der Waals surface area (Å²) in [4.78, 5) is 4.31. The van der Waals surface area contributed by atoms with Crippen LogP contribution >= 0.6 is 9.24 Å². The van der Waals surface area contributed by atoms with Gasteiger partial charge in [0, 0.05) is 6.20 Å². The van der Waals surface area contributed by atoms with Crippen molar-refractivity contribution < 1.29 is 0 Å². The van der Waals surface area contributed by atoms with Crippen molar-refractivity contribution in [2.75, 3.05) is 0 Å². The molecule has 0 aliphatic carbocycles. The van der Waals surface area contributed by atoms with Gasteiger partial charge in [-0.3, -0.25) is 4.98 Å². The molecule has 1 heterocycles. The lowest BCUT2D eigenvalue weighted by molar-refractivity contribution is 0.790. The maximum Gasteiger partial charge on any atom is 0.0606 e. The van der Waals surface area contributed by atoms with Crippen LogP contribution in [0.25, 0.3) is 0 Å². The van der Waals surface area contributed by atoms with Gasteiger partial charge in [0.1, 0.15) is 0 Å². The number of aromatic nitrogens is 1. The van der Waals surface area contributed by atoms with Gasteiger partial charge in [-0.05, 0) is 29.0 Å². The van der Waals surface area contributed by atoms with Crippen molar-refractivity contribution >= 4 is 14.7 Å². The van der Waals surface area contributed by atoms with E-state index in [1.807, 2.05) is 6.20 Å². The summed E-state index contributed by atoms with van der Waals surface area (Å²) in [7, 11) is 2.72. The Morgan fingerprint density at radius 3 is 2.15 bits per heavy atom. The monoisotopic (exact) mass is 195 g/mol. The van der Waals surface area contributed by atoms with E-state index in [9.17, 15) is 0 Å². The second kappa shape index (κ2) is 4.19. The van der Waals surface area contributed by atoms with Gasteiger partial charge in [-0.1, -0.05) is 36.9 Å². The highest BCUT2D eigenvalue weighted by atomic mass is 31.0. The molecule has 0 radical (unpaired) electrons. The van der Waals surface area contributed by atoms with Crippen LogP contribution in [0.1, 0.15) is 50.7 Å². The molecule has 0 spiro atoms. The van der Waals surface area contributed by atoms with Crippen molar-refractivity contribution in [3.8, 4) is 0 Å². The minimum absolute atomic E-state index is 0.554. The summed E-state index contributed by atoms with van der Waals surface area (Å²) in [5, 5.41) is 0. The third-order valence-corrected chi connectivity index (χ3v) is 2.71. The molecular weight excluding hydrogens is 177 g/mol. The molecule has 1 atom stereocenters. The predicted molar refractivity (Wildman–Crippen MR) is 61.8 cm³/mol. The highest BCUT2D eigenvalue weighted by molar-refractivity contribution is 7.27. The molecule has 1 aromatic rings. The summed E-state index contributed by atoms with van der Waals surface area (Å²) in [5.74, 6) is 1.14. The molecule has 0 aliphatic heterocycles. The molecule has 0 saturated carbocycles. The van der Waals surface area contributed by atoms with Gasteiger partial charge in [0.05, 0.1) is 5.44 Å². The smallest absolute Gasteiger partial charge is 0.0606 e. The lowest BCUT2D eigenvalue weighted by atomic mass is 9.92. The Kier molecular flexibility index (Phi) is 3.44. The van der Waals surface area contributed by atoms with Crippen molar-refractivity contribution in [2.24, 2.45) is 0 Å². The first-order valence-electron chi connectivity index (χ1n) is 4.78. The van der Waals surface area contributed by atoms with Gasteiger partial charge in [0.25, 0.3) is 0 Å². The van der Waals surface area contributed by atoms with E-state index in [2.05, 4.69) is 48.0 Å². The average Bonchev–Trinajstić information content (AvgIpc) is 2.02. The SMILES string of the molecule is CC(C)c1ccnc(P)c1C(C)C. The van der Waals surface area contributed by atoms with Gasteiger partial charge in [0.15, 0.2) is 0 Å². The molecule has 0 aliphatic rings. The van der Waals surface area contributed by atoms with Crippen LogP contribution in [-0.4, -0.2) is 4.98 Å². The molecule has 72 valence electrons. The maximum atomic E-state index is 4.31. The predicted octanol–water partition coefficient (Wildman–Crippen LogP) is 2.83. The van der Waals surface area contributed by atoms with Crippen LogP contribution in [-0.2, 0) is 0 Å². The zero-order chi connectivity index (χ0) is 10.0. The molecule has 0 bridgehead atoms. The Balaban J connectivity index is 3.26. The Labute approximate surface area is 83.2 Å². The lowest BCUT2D eigenvalue weighted by Crippen LogP contribution is -2.12. The Morgan fingerprint density at radius 2 is 1.77 bits per heavy atom. The number of rotatable bonds is 2. The molecule has 0 N–H and O–H groups in total. The second-order valence-electron chi connectivity index (χ2n) is 4.01. The summed E-state index contributed by atoms with van der Waals surface area (Å²) in [5.41, 5.74) is 3.92. The van der Waals surface area contributed by atoms with Crippen molar-refractivity contribution in [3.63, 3.8) is 0 Å². The van der Waals surface area contributed by atoms with E-state index in [-0.39, 0.29) is 0 Å². The van der Waals surface area contributed by atoms with E-state index in [4.69, 9.17) is 0 Å². The fraction of sp³-hybridized carbons (Fsp3) is 0.545. The van der Waals surface area contributed by atoms with E-state index >= 15 is 0 Å². The van der Waals surface area contributed by atoms with E-state index in [0.29, 0.717) is 11.8 Å². The van der Waals surface area contributed by atoms with Crippen molar-refractivity contribution in [1.29, 1.82) is 0 Å². The molecule has 0 saturated heterocycles. The molecule has 13 heavy (non-hydrogen) atoms. The van der Waals surface area contributed by atoms with E-state index in [1.54, 1.807) is 0 Å². The zero-order valence-electron chi connectivity index (χ0n) is 8.83. The summed E-state index contributed by atoms with van der Waals surface area (Å²) in [6.45, 7) is 8.89. The molecule has 0 amide bonds. The van der Waals surface area contributed by atoms with Crippen LogP contribution in [0.3, 0.4) is 0 Å². The summed E-state index contributed by atoms with van der Waals surface area (Å²) in [6.07, 6.45) is 1.89. The highest BCUT2D eigenvalue weighted by Gasteiger charge is 2.12. The quantitative estimate of drug-likeness (QED) is 0.661. The van der Waals surface area contributed by atoms with Crippen LogP contribution in [0.2, 0.25) is 0 Å². The van der Waals surface area contributed by atoms with Gasteiger partial charge in [-0.15, -0.1) is 0 Å². The Bertz CT molecular complexity index is 292. The molecule has 1 aromatic heterocycles. The van der Waals surface area contributed by atoms with Crippen LogP contribution < -0.4 is 5.44 Å². The Hall–Kier alpha value is -0.420. The first kappa shape index (κ1) is 10.7. The summed E-state index contributed by atoms with van der Waals surface area (Å²) < 4.78 is 0. The van der Waals surface area contributed by atoms with Gasteiger partial charge < -0.3 is 0 Å². The van der Waals surface area contributed by atoms with Crippen LogP contribution in [0.15, 0.2) is 12.3 Å². The van der Waals surface area contributed by atoms with Gasteiger partial charge in [0.2, 0.25) is 0 Å². The third kappa shape index (κ3) is 2.28. The van der Waals surface area contributed by atoms with Crippen LogP contribution in [0.5, 0.6) is 0 Å². The first-order valence-corrected chi connectivity index (χ1v) is 5.36. The number of nitrogens with zero attached hydrogens (tertiary/aromatic N) is 1. The van der Waals surface area contributed by atoms with Crippen molar-refractivity contribution in [3.05, 3.63) is 23.4 Å². The largest absolute Gasteiger partial charge is 0.257 e. The standard InChI is InChI=1S/C11H18NP/c1-7(2)9-5-6-12-11(13)10(9)8(3)4/h5-8H,13H2,1-4H3. The zero-order valence-corrected chi connectivity index (χ0v) is 9.99. The summed E-state index contributed by atoms with van der Waals surface area (Å²) in [6, 6.07) is 2.13. The van der Waals surface area contributed by atoms with E-state index in [1.165, 1.54) is 11.1 Å². The third-order valence-electron chi connectivity index (χ3n) is 2.25. The summed E-state index contributed by atoms with van der Waals surface area (Å²) >= 11 is 0. The topological polar surface area (TPSA) is 12.9 Å². The number of hydrogen-bond acceptors (Lipinski definition) is 1. The Morgan fingerprint density at radius 1 is 1.15 bits per heavy atom. The minimum atomic E-state index is 0.554. The normalized spacial score (nSPS) is 11.3. The van der Waals surface area contributed by atoms with E-state index < -0.39 is 0 Å². The number of pyridine rings is 1. The average molecular weight is 195 g/mol. The molecule has 1 nitrogen and oxygen atoms in total. The lowest BCUT2D eigenvalue weighted by Gasteiger charge is -2.17. The molecular formula is C11H18NP. The second-order valence-corrected chi connectivity index (χ2v) is 4.56. The fourth-order valence-electron chi connectivity index (χ4n) is 1.64. The first-order chi connectivity index (χ1) is 6.04. The maximum absolute atomic E-state index is 4.31. The number of hydrogen-bond donors (Lipinski definition) is 0. The minimum Gasteiger partial charge on any atom is -0.257 e. The van der Waals surface area contributed by atoms with E-state index in [0.717, 1.165) is 5.44 Å². The van der Waals surface area contributed by atoms with Crippen molar-refractivity contribution in [2.45, 2.75) is 39.5 Å². The van der Waals surface area contributed by atoms with Gasteiger partial charge >= 0.3 is 0 Å². The molecule has 2 heteroatoms. The van der Waals surface area contributed by atoms with Gasteiger partial charge in [-0.25, -0.2) is 0 Å². The fourth-order valence-corrected chi connectivity index (χ4v) is 2.22. The molecule has 1 rings (SSSR count).